The van der Waals surface area contributed by atoms with Crippen molar-refractivity contribution in [3.05, 3.63) is 0 Å². The van der Waals surface area contributed by atoms with Gasteiger partial charge < -0.3 is 29.9 Å². The van der Waals surface area contributed by atoms with Crippen LogP contribution in [0.15, 0.2) is 0 Å². The number of hydrogen-bond acceptors (Lipinski definition) is 12. The maximum Gasteiger partial charge on any atom is 0.307 e. The molecule has 0 saturated heterocycles. The standard InChI is InChI=1S/C26H42O12/c1-7-11-19(31)24(36,23(35)18(30)15-27)26(21(33)13-9-3,38-22(34)14-10-4)25(16(5)28,37-17(6)29)20(32)12-8-2/h18,23,27,30,35-36H,7-15H2,1-6H3/t18-,23-,24+,25?,26-/m1/s1. The topological polar surface area (TPSA) is 202 Å². The molecule has 0 fully saturated rings. The molecule has 4 N–H and O–H groups in total. The van der Waals surface area contributed by atoms with Gasteiger partial charge in [-0.25, -0.2) is 0 Å². The van der Waals surface area contributed by atoms with E-state index in [4.69, 9.17) is 9.47 Å². The predicted octanol–water partition coefficient (Wildman–Crippen LogP) is 0.512. The van der Waals surface area contributed by atoms with Gasteiger partial charge in [0, 0.05) is 32.6 Å². The van der Waals surface area contributed by atoms with Crippen molar-refractivity contribution < 1.29 is 58.7 Å². The molecule has 0 spiro atoms. The lowest BCUT2D eigenvalue weighted by Crippen LogP contribution is -2.84. The van der Waals surface area contributed by atoms with E-state index < -0.39 is 96.4 Å². The summed E-state index contributed by atoms with van der Waals surface area (Å²) in [6, 6.07) is 0. The van der Waals surface area contributed by atoms with Gasteiger partial charge in [-0.1, -0.05) is 27.7 Å². The molecule has 0 aromatic rings. The van der Waals surface area contributed by atoms with Crippen LogP contribution in [0.5, 0.6) is 0 Å². The Kier molecular flexibility index (Phi) is 14.1. The van der Waals surface area contributed by atoms with Crippen LogP contribution in [0.25, 0.3) is 0 Å². The number of aliphatic hydroxyl groups is 4. The maximum absolute atomic E-state index is 14.1. The van der Waals surface area contributed by atoms with Crippen molar-refractivity contribution >= 4 is 35.1 Å². The first-order valence-corrected chi connectivity index (χ1v) is 12.9. The van der Waals surface area contributed by atoms with Crippen LogP contribution in [0.2, 0.25) is 0 Å². The molecule has 12 nitrogen and oxygen atoms in total. The summed E-state index contributed by atoms with van der Waals surface area (Å²) in [7, 11) is 0. The van der Waals surface area contributed by atoms with Crippen LogP contribution >= 0.6 is 0 Å². The number of hydrogen-bond donors (Lipinski definition) is 4. The molecular formula is C26H42O12. The first-order valence-electron chi connectivity index (χ1n) is 12.9. The number of Topliss-reactive ketones (excluding diaryl/α,β-unsaturated/α-hetero) is 4. The zero-order valence-corrected chi connectivity index (χ0v) is 23.1. The van der Waals surface area contributed by atoms with Crippen molar-refractivity contribution in [2.45, 2.75) is 122 Å². The average Bonchev–Trinajstić information content (AvgIpc) is 2.84. The normalized spacial score (nSPS) is 17.6. The fourth-order valence-corrected chi connectivity index (χ4v) is 4.54. The minimum absolute atomic E-state index is 0.00752. The van der Waals surface area contributed by atoms with Gasteiger partial charge >= 0.3 is 11.9 Å². The molecule has 38 heavy (non-hydrogen) atoms. The summed E-state index contributed by atoms with van der Waals surface area (Å²) in [6.07, 6.45) is -7.08. The van der Waals surface area contributed by atoms with Crippen LogP contribution < -0.4 is 0 Å². The molecule has 0 bridgehead atoms. The summed E-state index contributed by atoms with van der Waals surface area (Å²) in [5, 5.41) is 43.2. The SMILES string of the molecule is CCCC(=O)O[C@@](C(=O)CCC)(C(OC(C)=O)(C(C)=O)C(=O)CCC)[C@](O)(C(=O)CCC)[C@H](O)[C@H](O)CO. The lowest BCUT2D eigenvalue weighted by molar-refractivity contribution is -0.266. The summed E-state index contributed by atoms with van der Waals surface area (Å²) in [6.45, 7) is 6.38. The van der Waals surface area contributed by atoms with Crippen LogP contribution in [0, 0.1) is 0 Å². The zero-order valence-electron chi connectivity index (χ0n) is 23.1. The summed E-state index contributed by atoms with van der Waals surface area (Å²) in [4.78, 5) is 80.4. The Hall–Kier alpha value is -2.54. The third-order valence-corrected chi connectivity index (χ3v) is 6.17. The first kappa shape index (κ1) is 35.5. The van der Waals surface area contributed by atoms with E-state index in [-0.39, 0.29) is 25.7 Å². The second-order valence-corrected chi connectivity index (χ2v) is 9.22. The quantitative estimate of drug-likeness (QED) is 0.129. The third kappa shape index (κ3) is 6.53. The zero-order chi connectivity index (χ0) is 29.9. The lowest BCUT2D eigenvalue weighted by Gasteiger charge is -2.53. The molecule has 0 saturated carbocycles. The van der Waals surface area contributed by atoms with Crippen molar-refractivity contribution in [2.75, 3.05) is 6.61 Å². The minimum Gasteiger partial charge on any atom is -0.442 e. The largest absolute Gasteiger partial charge is 0.442 e. The highest BCUT2D eigenvalue weighted by Gasteiger charge is 2.80. The Labute approximate surface area is 222 Å². The summed E-state index contributed by atoms with van der Waals surface area (Å²) >= 11 is 0. The van der Waals surface area contributed by atoms with E-state index in [1.165, 1.54) is 20.8 Å². The number of carbonyl (C=O) groups excluding carboxylic acids is 6. The van der Waals surface area contributed by atoms with E-state index >= 15 is 0 Å². The van der Waals surface area contributed by atoms with Gasteiger partial charge in [0.2, 0.25) is 5.60 Å². The smallest absolute Gasteiger partial charge is 0.307 e. The Morgan fingerprint density at radius 2 is 1.16 bits per heavy atom. The highest BCUT2D eigenvalue weighted by atomic mass is 16.6. The minimum atomic E-state index is -3.72. The van der Waals surface area contributed by atoms with Crippen molar-refractivity contribution in [3.63, 3.8) is 0 Å². The monoisotopic (exact) mass is 546 g/mol. The van der Waals surface area contributed by atoms with Gasteiger partial charge in [-0.15, -0.1) is 0 Å². The second-order valence-electron chi connectivity index (χ2n) is 9.22. The summed E-state index contributed by atoms with van der Waals surface area (Å²) in [5.74, 6) is -7.96. The van der Waals surface area contributed by atoms with E-state index in [0.29, 0.717) is 0 Å². The van der Waals surface area contributed by atoms with Crippen LogP contribution in [-0.4, -0.2) is 91.1 Å². The molecule has 12 heteroatoms. The van der Waals surface area contributed by atoms with Gasteiger partial charge in [-0.05, 0) is 32.6 Å². The van der Waals surface area contributed by atoms with Crippen LogP contribution in [0.1, 0.15) is 92.9 Å². The molecule has 218 valence electrons. The first-order chi connectivity index (χ1) is 17.7. The average molecular weight is 547 g/mol. The Morgan fingerprint density at radius 1 is 0.711 bits per heavy atom. The van der Waals surface area contributed by atoms with Gasteiger partial charge in [0.1, 0.15) is 12.2 Å². The van der Waals surface area contributed by atoms with Gasteiger partial charge in [0.05, 0.1) is 6.61 Å². The highest BCUT2D eigenvalue weighted by molar-refractivity contribution is 6.20. The number of ketones is 4. The van der Waals surface area contributed by atoms with Crippen LogP contribution in [0.3, 0.4) is 0 Å². The maximum atomic E-state index is 14.1. The Bertz CT molecular complexity index is 883. The molecule has 0 radical (unpaired) electrons. The van der Waals surface area contributed by atoms with E-state index in [1.807, 2.05) is 0 Å². The van der Waals surface area contributed by atoms with Crippen molar-refractivity contribution in [1.29, 1.82) is 0 Å². The van der Waals surface area contributed by atoms with E-state index in [2.05, 4.69) is 0 Å². The Balaban J connectivity index is 8.53. The van der Waals surface area contributed by atoms with E-state index in [0.717, 1.165) is 13.8 Å². The fourth-order valence-electron chi connectivity index (χ4n) is 4.54. The number of rotatable bonds is 19. The van der Waals surface area contributed by atoms with E-state index in [1.54, 1.807) is 6.92 Å². The molecule has 0 amide bonds. The molecular weight excluding hydrogens is 504 g/mol. The molecule has 1 unspecified atom stereocenters. The van der Waals surface area contributed by atoms with Crippen molar-refractivity contribution in [1.82, 2.24) is 0 Å². The predicted molar refractivity (Wildman–Crippen MR) is 133 cm³/mol. The van der Waals surface area contributed by atoms with Gasteiger partial charge in [0.25, 0.3) is 11.2 Å². The van der Waals surface area contributed by atoms with E-state index in [9.17, 15) is 49.2 Å². The highest BCUT2D eigenvalue weighted by Crippen LogP contribution is 2.47. The van der Waals surface area contributed by atoms with Gasteiger partial charge in [0.15, 0.2) is 23.1 Å². The molecule has 0 heterocycles. The summed E-state index contributed by atoms with van der Waals surface area (Å²) < 4.78 is 10.8. The fraction of sp³-hybridized carbons (Fsp3) is 0.769. The molecule has 0 aromatic carbocycles. The number of esters is 2. The van der Waals surface area contributed by atoms with Crippen molar-refractivity contribution in [2.24, 2.45) is 0 Å². The van der Waals surface area contributed by atoms with Gasteiger partial charge in [-0.2, -0.15) is 0 Å². The third-order valence-electron chi connectivity index (χ3n) is 6.17. The molecule has 0 aliphatic rings. The number of carbonyl (C=O) groups is 6. The molecule has 0 aromatic heterocycles. The number of aliphatic hydroxyl groups excluding tert-OH is 3. The number of ether oxygens (including phenoxy) is 2. The van der Waals surface area contributed by atoms with Crippen LogP contribution in [0.4, 0.5) is 0 Å². The van der Waals surface area contributed by atoms with Crippen molar-refractivity contribution in [3.8, 4) is 0 Å². The summed E-state index contributed by atoms with van der Waals surface area (Å²) in [5.41, 5.74) is -10.8. The Morgan fingerprint density at radius 3 is 1.55 bits per heavy atom. The van der Waals surface area contributed by atoms with Gasteiger partial charge in [-0.3, -0.25) is 28.8 Å². The lowest BCUT2D eigenvalue weighted by atomic mass is 9.59. The molecule has 0 aliphatic carbocycles. The molecule has 5 atom stereocenters. The molecule has 0 rings (SSSR count). The second kappa shape index (κ2) is 15.2. The van der Waals surface area contributed by atoms with Crippen LogP contribution in [-0.2, 0) is 38.2 Å². The molecule has 0 aliphatic heterocycles.